The van der Waals surface area contributed by atoms with Crippen LogP contribution in [0.3, 0.4) is 0 Å². The van der Waals surface area contributed by atoms with Crippen LogP contribution in [0.5, 0.6) is 11.5 Å². The van der Waals surface area contributed by atoms with Gasteiger partial charge in [-0.15, -0.1) is 0 Å². The molecule has 5 nitrogen and oxygen atoms in total. The zero-order valence-electron chi connectivity index (χ0n) is 14.0. The first-order valence-corrected chi connectivity index (χ1v) is 8.91. The highest BCUT2D eigenvalue weighted by Crippen LogP contribution is 2.37. The highest BCUT2D eigenvalue weighted by molar-refractivity contribution is 9.10. The summed E-state index contributed by atoms with van der Waals surface area (Å²) in [6, 6.07) is 3.83. The molecule has 0 spiro atoms. The summed E-state index contributed by atoms with van der Waals surface area (Å²) < 4.78 is 12.5. The van der Waals surface area contributed by atoms with Crippen LogP contribution in [0.2, 0.25) is 0 Å². The number of hydrogen-bond donors (Lipinski definition) is 2. The van der Waals surface area contributed by atoms with Crippen LogP contribution >= 0.6 is 28.1 Å². The lowest BCUT2D eigenvalue weighted by molar-refractivity contribution is 0.202. The minimum Gasteiger partial charge on any atom is -0.490 e. The van der Waals surface area contributed by atoms with Crippen LogP contribution < -0.4 is 20.2 Å². The Kier molecular flexibility index (Phi) is 8.94. The van der Waals surface area contributed by atoms with E-state index in [1.165, 1.54) is 0 Å². The predicted octanol–water partition coefficient (Wildman–Crippen LogP) is 3.84. The first-order valence-electron chi connectivity index (χ1n) is 7.71. The lowest BCUT2D eigenvalue weighted by Crippen LogP contribution is -2.31. The molecule has 0 heterocycles. The second kappa shape index (κ2) is 10.4. The van der Waals surface area contributed by atoms with Crippen molar-refractivity contribution in [3.05, 3.63) is 22.2 Å². The van der Waals surface area contributed by atoms with E-state index in [0.29, 0.717) is 17.5 Å². The summed E-state index contributed by atoms with van der Waals surface area (Å²) in [5.74, 6) is 1.41. The van der Waals surface area contributed by atoms with Gasteiger partial charge in [0.05, 0.1) is 23.4 Å². The molecule has 0 aliphatic rings. The Labute approximate surface area is 151 Å². The van der Waals surface area contributed by atoms with Crippen molar-refractivity contribution < 1.29 is 9.47 Å². The summed E-state index contributed by atoms with van der Waals surface area (Å²) in [6.07, 6.45) is 2.72. The molecule has 0 radical (unpaired) electrons. The number of hydrogen-bond acceptors (Lipinski definition) is 4. The lowest BCUT2D eigenvalue weighted by atomic mass is 10.2. The van der Waals surface area contributed by atoms with E-state index in [9.17, 15) is 0 Å². The normalized spacial score (nSPS) is 12.0. The fourth-order valence-corrected chi connectivity index (χ4v) is 2.44. The van der Waals surface area contributed by atoms with Crippen molar-refractivity contribution in [1.82, 2.24) is 10.7 Å². The van der Waals surface area contributed by atoms with Crippen LogP contribution in [0.1, 0.15) is 39.7 Å². The third-order valence-electron chi connectivity index (χ3n) is 2.94. The molecule has 23 heavy (non-hydrogen) atoms. The third kappa shape index (κ3) is 6.74. The molecule has 1 aromatic carbocycles. The summed E-state index contributed by atoms with van der Waals surface area (Å²) in [6.45, 7) is 9.34. The van der Waals surface area contributed by atoms with Crippen molar-refractivity contribution in [3.8, 4) is 11.5 Å². The van der Waals surface area contributed by atoms with Gasteiger partial charge < -0.3 is 14.8 Å². The Morgan fingerprint density at radius 2 is 2.13 bits per heavy atom. The summed E-state index contributed by atoms with van der Waals surface area (Å²) in [5, 5.41) is 7.57. The average Bonchev–Trinajstić information content (AvgIpc) is 2.51. The van der Waals surface area contributed by atoms with Gasteiger partial charge in [0.15, 0.2) is 16.6 Å². The Morgan fingerprint density at radius 3 is 2.74 bits per heavy atom. The molecule has 0 saturated carbocycles. The molecule has 1 rings (SSSR count). The van der Waals surface area contributed by atoms with Gasteiger partial charge in [-0.05, 0) is 73.0 Å². The van der Waals surface area contributed by atoms with Crippen LogP contribution in [0.25, 0.3) is 0 Å². The summed E-state index contributed by atoms with van der Waals surface area (Å²) >= 11 is 8.60. The monoisotopic (exact) mass is 401 g/mol. The summed E-state index contributed by atoms with van der Waals surface area (Å²) in [5.41, 5.74) is 3.64. The van der Waals surface area contributed by atoms with Gasteiger partial charge in [-0.1, -0.05) is 6.92 Å². The molecular weight excluding hydrogens is 378 g/mol. The maximum atomic E-state index is 5.94. The van der Waals surface area contributed by atoms with Crippen molar-refractivity contribution in [2.75, 3.05) is 13.2 Å². The molecule has 0 aromatic heterocycles. The Balaban J connectivity index is 2.94. The number of thiocarbonyl (C=S) groups is 1. The van der Waals surface area contributed by atoms with Crippen molar-refractivity contribution >= 4 is 39.5 Å². The zero-order chi connectivity index (χ0) is 17.2. The highest BCUT2D eigenvalue weighted by Gasteiger charge is 2.14. The van der Waals surface area contributed by atoms with E-state index in [1.807, 2.05) is 32.9 Å². The smallest absolute Gasteiger partial charge is 0.186 e. The summed E-state index contributed by atoms with van der Waals surface area (Å²) in [4.78, 5) is 0. The topological polar surface area (TPSA) is 54.9 Å². The maximum Gasteiger partial charge on any atom is 0.186 e. The Bertz CT molecular complexity index is 552. The van der Waals surface area contributed by atoms with Crippen LogP contribution in [-0.2, 0) is 0 Å². The molecule has 0 bridgehead atoms. The second-order valence-electron chi connectivity index (χ2n) is 4.83. The van der Waals surface area contributed by atoms with Gasteiger partial charge >= 0.3 is 0 Å². The van der Waals surface area contributed by atoms with Crippen molar-refractivity contribution in [1.29, 1.82) is 0 Å². The molecule has 0 amide bonds. The van der Waals surface area contributed by atoms with Gasteiger partial charge in [0.25, 0.3) is 0 Å². The van der Waals surface area contributed by atoms with Gasteiger partial charge in [-0.2, -0.15) is 5.10 Å². The number of rotatable bonds is 8. The molecule has 128 valence electrons. The van der Waals surface area contributed by atoms with E-state index in [2.05, 4.69) is 38.7 Å². The Morgan fingerprint density at radius 1 is 1.39 bits per heavy atom. The zero-order valence-corrected chi connectivity index (χ0v) is 16.4. The molecule has 0 aliphatic carbocycles. The maximum absolute atomic E-state index is 5.94. The van der Waals surface area contributed by atoms with Crippen LogP contribution in [0, 0.1) is 0 Å². The first-order chi connectivity index (χ1) is 11.0. The van der Waals surface area contributed by atoms with E-state index < -0.39 is 0 Å². The Hall–Kier alpha value is -1.34. The average molecular weight is 402 g/mol. The molecule has 0 fully saturated rings. The van der Waals surface area contributed by atoms with Crippen molar-refractivity contribution in [3.63, 3.8) is 0 Å². The summed E-state index contributed by atoms with van der Waals surface area (Å²) in [7, 11) is 0. The SMILES string of the molecule is CCNC(=S)NN=Cc1cc(Br)c(OC(C)CC)c(OCC)c1. The van der Waals surface area contributed by atoms with Crippen LogP contribution in [-0.4, -0.2) is 30.6 Å². The molecule has 7 heteroatoms. The highest BCUT2D eigenvalue weighted by atomic mass is 79.9. The number of hydrazone groups is 1. The predicted molar refractivity (Wildman–Crippen MR) is 103 cm³/mol. The fourth-order valence-electron chi connectivity index (χ4n) is 1.69. The standard InChI is InChI=1S/C16H24BrN3O2S/c1-5-11(4)22-15-13(17)8-12(9-14(15)21-7-3)10-19-20-16(23)18-6-2/h8-11H,5-7H2,1-4H3,(H2,18,20,23). The minimum absolute atomic E-state index is 0.115. The van der Waals surface area contributed by atoms with E-state index in [-0.39, 0.29) is 6.10 Å². The number of halogens is 1. The van der Waals surface area contributed by atoms with Gasteiger partial charge in [-0.3, -0.25) is 5.43 Å². The van der Waals surface area contributed by atoms with Gasteiger partial charge in [0, 0.05) is 6.54 Å². The molecule has 2 N–H and O–H groups in total. The van der Waals surface area contributed by atoms with Crippen LogP contribution in [0.4, 0.5) is 0 Å². The fraction of sp³-hybridized carbons (Fsp3) is 0.500. The molecule has 1 atom stereocenters. The first kappa shape index (κ1) is 19.7. The van der Waals surface area contributed by atoms with Crippen molar-refractivity contribution in [2.45, 2.75) is 40.2 Å². The number of benzene rings is 1. The van der Waals surface area contributed by atoms with E-state index in [1.54, 1.807) is 6.21 Å². The lowest BCUT2D eigenvalue weighted by Gasteiger charge is -2.18. The van der Waals surface area contributed by atoms with Gasteiger partial charge in [0.1, 0.15) is 0 Å². The molecule has 1 aromatic rings. The minimum atomic E-state index is 0.115. The number of nitrogens with one attached hydrogen (secondary N) is 2. The third-order valence-corrected chi connectivity index (χ3v) is 3.77. The van der Waals surface area contributed by atoms with Crippen molar-refractivity contribution in [2.24, 2.45) is 5.10 Å². The van der Waals surface area contributed by atoms with Crippen LogP contribution in [0.15, 0.2) is 21.7 Å². The van der Waals surface area contributed by atoms with E-state index in [0.717, 1.165) is 28.8 Å². The molecule has 0 saturated heterocycles. The second-order valence-corrected chi connectivity index (χ2v) is 6.09. The molecule has 1 unspecified atom stereocenters. The number of nitrogens with zero attached hydrogens (tertiary/aromatic N) is 1. The quantitative estimate of drug-likeness (QED) is 0.393. The molecule has 0 aliphatic heterocycles. The van der Waals surface area contributed by atoms with E-state index >= 15 is 0 Å². The number of ether oxygens (including phenoxy) is 2. The molecular formula is C16H24BrN3O2S. The van der Waals surface area contributed by atoms with Gasteiger partial charge in [-0.25, -0.2) is 0 Å². The van der Waals surface area contributed by atoms with E-state index in [4.69, 9.17) is 21.7 Å². The van der Waals surface area contributed by atoms with Gasteiger partial charge in [0.2, 0.25) is 0 Å². The largest absolute Gasteiger partial charge is 0.490 e.